The molecule has 4 nitrogen and oxygen atoms in total. The van der Waals surface area contributed by atoms with Crippen molar-refractivity contribution >= 4 is 12.0 Å². The van der Waals surface area contributed by atoms with Crippen molar-refractivity contribution < 1.29 is 9.53 Å². The summed E-state index contributed by atoms with van der Waals surface area (Å²) in [4.78, 5) is 12.3. The number of nitriles is 1. The minimum atomic E-state index is -0.381. The summed E-state index contributed by atoms with van der Waals surface area (Å²) >= 11 is 0. The van der Waals surface area contributed by atoms with Crippen molar-refractivity contribution in [3.8, 4) is 11.8 Å². The number of rotatable bonds is 6. The SMILES string of the molecule is COc1ccc(/C=C(\C#N)C(=O)NCc2ccccc2)cc1C(C)C. The van der Waals surface area contributed by atoms with Crippen LogP contribution in [0.4, 0.5) is 0 Å². The van der Waals surface area contributed by atoms with Crippen molar-refractivity contribution in [1.82, 2.24) is 5.32 Å². The second kappa shape index (κ2) is 8.70. The molecule has 2 rings (SSSR count). The number of ether oxygens (including phenoxy) is 1. The van der Waals surface area contributed by atoms with Crippen molar-refractivity contribution in [1.29, 1.82) is 5.26 Å². The van der Waals surface area contributed by atoms with Gasteiger partial charge in [-0.15, -0.1) is 0 Å². The summed E-state index contributed by atoms with van der Waals surface area (Å²) in [7, 11) is 1.63. The van der Waals surface area contributed by atoms with Crippen molar-refractivity contribution in [2.75, 3.05) is 7.11 Å². The molecule has 0 atom stereocenters. The smallest absolute Gasteiger partial charge is 0.262 e. The molecule has 0 saturated carbocycles. The highest BCUT2D eigenvalue weighted by Crippen LogP contribution is 2.28. The summed E-state index contributed by atoms with van der Waals surface area (Å²) in [6, 6.07) is 17.2. The topological polar surface area (TPSA) is 62.1 Å². The highest BCUT2D eigenvalue weighted by molar-refractivity contribution is 6.01. The van der Waals surface area contributed by atoms with E-state index < -0.39 is 0 Å². The van der Waals surface area contributed by atoms with Crippen LogP contribution in [0.5, 0.6) is 5.75 Å². The standard InChI is InChI=1S/C21H22N2O2/c1-15(2)19-12-17(9-10-20(19)25-3)11-18(13-22)21(24)23-14-16-7-5-4-6-8-16/h4-12,15H,14H2,1-3H3,(H,23,24)/b18-11+. The third kappa shape index (κ3) is 4.95. The second-order valence-corrected chi connectivity index (χ2v) is 5.99. The molecule has 0 aromatic heterocycles. The minimum Gasteiger partial charge on any atom is -0.496 e. The van der Waals surface area contributed by atoms with Crippen LogP contribution in [0.3, 0.4) is 0 Å². The van der Waals surface area contributed by atoms with Gasteiger partial charge in [-0.2, -0.15) is 5.26 Å². The van der Waals surface area contributed by atoms with E-state index in [4.69, 9.17) is 4.74 Å². The van der Waals surface area contributed by atoms with Crippen molar-refractivity contribution in [3.63, 3.8) is 0 Å². The Bertz CT molecular complexity index is 802. The van der Waals surface area contributed by atoms with Gasteiger partial charge in [0.2, 0.25) is 0 Å². The molecule has 0 unspecified atom stereocenters. The number of nitrogens with one attached hydrogen (secondary N) is 1. The average molecular weight is 334 g/mol. The van der Waals surface area contributed by atoms with Crippen LogP contribution in [0.2, 0.25) is 0 Å². The van der Waals surface area contributed by atoms with Gasteiger partial charge in [-0.25, -0.2) is 0 Å². The Kier molecular flexibility index (Phi) is 6.36. The van der Waals surface area contributed by atoms with Crippen LogP contribution in [-0.4, -0.2) is 13.0 Å². The van der Waals surface area contributed by atoms with Gasteiger partial charge in [-0.1, -0.05) is 50.2 Å². The van der Waals surface area contributed by atoms with E-state index >= 15 is 0 Å². The number of carbonyl (C=O) groups is 1. The zero-order chi connectivity index (χ0) is 18.2. The van der Waals surface area contributed by atoms with Gasteiger partial charge in [0.25, 0.3) is 5.91 Å². The van der Waals surface area contributed by atoms with Crippen LogP contribution in [0, 0.1) is 11.3 Å². The maximum absolute atomic E-state index is 12.3. The van der Waals surface area contributed by atoms with E-state index in [9.17, 15) is 10.1 Å². The maximum Gasteiger partial charge on any atom is 0.262 e. The molecule has 0 fully saturated rings. The molecule has 2 aromatic rings. The Morgan fingerprint density at radius 3 is 2.56 bits per heavy atom. The molecule has 1 N–H and O–H groups in total. The first-order valence-corrected chi connectivity index (χ1v) is 8.17. The van der Waals surface area contributed by atoms with Gasteiger partial charge in [0, 0.05) is 6.54 Å². The molecule has 2 aromatic carbocycles. The first kappa shape index (κ1) is 18.3. The molecule has 0 aliphatic rings. The number of hydrogen-bond donors (Lipinski definition) is 1. The van der Waals surface area contributed by atoms with Crippen molar-refractivity contribution in [3.05, 3.63) is 70.8 Å². The van der Waals surface area contributed by atoms with Crippen LogP contribution in [0.15, 0.2) is 54.1 Å². The van der Waals surface area contributed by atoms with Crippen LogP contribution < -0.4 is 10.1 Å². The van der Waals surface area contributed by atoms with Gasteiger partial charge >= 0.3 is 0 Å². The Balaban J connectivity index is 2.17. The van der Waals surface area contributed by atoms with Crippen LogP contribution >= 0.6 is 0 Å². The summed E-state index contributed by atoms with van der Waals surface area (Å²) in [6.07, 6.45) is 1.60. The van der Waals surface area contributed by atoms with E-state index in [1.165, 1.54) is 0 Å². The van der Waals surface area contributed by atoms with Crippen molar-refractivity contribution in [2.45, 2.75) is 26.3 Å². The summed E-state index contributed by atoms with van der Waals surface area (Å²) in [5.41, 5.74) is 2.91. The minimum absolute atomic E-state index is 0.0794. The highest BCUT2D eigenvalue weighted by atomic mass is 16.5. The lowest BCUT2D eigenvalue weighted by Crippen LogP contribution is -2.23. The molecule has 0 aliphatic carbocycles. The first-order valence-electron chi connectivity index (χ1n) is 8.17. The fourth-order valence-electron chi connectivity index (χ4n) is 2.48. The van der Waals surface area contributed by atoms with Gasteiger partial charge in [0.15, 0.2) is 0 Å². The van der Waals surface area contributed by atoms with E-state index in [1.54, 1.807) is 13.2 Å². The Hall–Kier alpha value is -3.06. The number of nitrogens with zero attached hydrogens (tertiary/aromatic N) is 1. The molecule has 0 aliphatic heterocycles. The first-order chi connectivity index (χ1) is 12.0. The summed E-state index contributed by atoms with van der Waals surface area (Å²) in [5, 5.41) is 12.1. The van der Waals surface area contributed by atoms with E-state index in [0.29, 0.717) is 6.54 Å². The zero-order valence-corrected chi connectivity index (χ0v) is 14.7. The summed E-state index contributed by atoms with van der Waals surface area (Å²) in [5.74, 6) is 0.702. The molecule has 128 valence electrons. The third-order valence-corrected chi connectivity index (χ3v) is 3.85. The van der Waals surface area contributed by atoms with Crippen LogP contribution in [-0.2, 0) is 11.3 Å². The van der Waals surface area contributed by atoms with Crippen LogP contribution in [0.1, 0.15) is 36.5 Å². The van der Waals surface area contributed by atoms with E-state index in [2.05, 4.69) is 19.2 Å². The molecule has 0 spiro atoms. The Morgan fingerprint density at radius 2 is 1.96 bits per heavy atom. The van der Waals surface area contributed by atoms with E-state index in [1.807, 2.05) is 54.6 Å². The monoisotopic (exact) mass is 334 g/mol. The summed E-state index contributed by atoms with van der Waals surface area (Å²) in [6.45, 7) is 4.53. The fraction of sp³-hybridized carbons (Fsp3) is 0.238. The molecule has 0 bridgehead atoms. The Labute approximate surface area is 148 Å². The number of hydrogen-bond acceptors (Lipinski definition) is 3. The lowest BCUT2D eigenvalue weighted by Gasteiger charge is -2.12. The molecule has 0 heterocycles. The summed E-state index contributed by atoms with van der Waals surface area (Å²) < 4.78 is 5.36. The lowest BCUT2D eigenvalue weighted by molar-refractivity contribution is -0.117. The molecular weight excluding hydrogens is 312 g/mol. The Morgan fingerprint density at radius 1 is 1.24 bits per heavy atom. The van der Waals surface area contributed by atoms with Gasteiger partial charge < -0.3 is 10.1 Å². The van der Waals surface area contributed by atoms with Gasteiger partial charge in [0.05, 0.1) is 7.11 Å². The maximum atomic E-state index is 12.3. The number of methoxy groups -OCH3 is 1. The van der Waals surface area contributed by atoms with Crippen molar-refractivity contribution in [2.24, 2.45) is 0 Å². The zero-order valence-electron chi connectivity index (χ0n) is 14.7. The van der Waals surface area contributed by atoms with Gasteiger partial charge in [-0.05, 0) is 40.8 Å². The quantitative estimate of drug-likeness (QED) is 0.640. The molecule has 0 radical (unpaired) electrons. The molecule has 1 amide bonds. The molecule has 4 heteroatoms. The third-order valence-electron chi connectivity index (χ3n) is 3.85. The number of amides is 1. The number of benzene rings is 2. The number of carbonyl (C=O) groups excluding carboxylic acids is 1. The van der Waals surface area contributed by atoms with Gasteiger partial charge in [-0.3, -0.25) is 4.79 Å². The predicted octanol–water partition coefficient (Wildman–Crippen LogP) is 4.04. The van der Waals surface area contributed by atoms with Gasteiger partial charge in [0.1, 0.15) is 17.4 Å². The molecule has 0 saturated heterocycles. The molecule has 25 heavy (non-hydrogen) atoms. The van der Waals surface area contributed by atoms with Crippen LogP contribution in [0.25, 0.3) is 6.08 Å². The fourth-order valence-corrected chi connectivity index (χ4v) is 2.48. The van der Waals surface area contributed by atoms with E-state index in [0.717, 1.165) is 22.4 Å². The largest absolute Gasteiger partial charge is 0.496 e. The normalized spacial score (nSPS) is 11.1. The highest BCUT2D eigenvalue weighted by Gasteiger charge is 2.11. The average Bonchev–Trinajstić information content (AvgIpc) is 2.64. The van der Waals surface area contributed by atoms with E-state index in [-0.39, 0.29) is 17.4 Å². The second-order valence-electron chi connectivity index (χ2n) is 5.99. The predicted molar refractivity (Wildman–Crippen MR) is 99.0 cm³/mol. The lowest BCUT2D eigenvalue weighted by atomic mass is 9.98. The molecular formula is C21H22N2O2.